The van der Waals surface area contributed by atoms with E-state index in [1.54, 1.807) is 0 Å². The number of hydrogen-bond donors (Lipinski definition) is 1. The van der Waals surface area contributed by atoms with Gasteiger partial charge in [0.15, 0.2) is 0 Å². The number of carbonyl (C=O) groups excluding carboxylic acids is 2. The molecule has 0 saturated heterocycles. The first-order valence-electron chi connectivity index (χ1n) is 7.61. The number of nitrogens with zero attached hydrogens (tertiary/aromatic N) is 1. The molecule has 2 aromatic heterocycles. The van der Waals surface area contributed by atoms with Crippen molar-refractivity contribution in [2.45, 2.75) is 10.8 Å². The van der Waals surface area contributed by atoms with E-state index in [9.17, 15) is 9.59 Å². The summed E-state index contributed by atoms with van der Waals surface area (Å²) in [6.07, 6.45) is 0. The van der Waals surface area contributed by atoms with Crippen LogP contribution < -0.4 is 5.73 Å². The predicted octanol–water partition coefficient (Wildman–Crippen LogP) is 3.74. The maximum atomic E-state index is 12.1. The highest BCUT2D eigenvalue weighted by atomic mass is 32.2. The number of aromatic nitrogens is 1. The Morgan fingerprint density at radius 3 is 2.58 bits per heavy atom. The van der Waals surface area contributed by atoms with Gasteiger partial charge in [-0.2, -0.15) is 0 Å². The van der Waals surface area contributed by atoms with Crippen LogP contribution in [0.15, 0.2) is 41.4 Å². The van der Waals surface area contributed by atoms with Crippen molar-refractivity contribution in [1.29, 1.82) is 0 Å². The van der Waals surface area contributed by atoms with Gasteiger partial charge in [0, 0.05) is 16.7 Å². The van der Waals surface area contributed by atoms with E-state index in [-0.39, 0.29) is 10.6 Å². The highest BCUT2D eigenvalue weighted by molar-refractivity contribution is 7.98. The number of thiophene rings is 1. The zero-order valence-corrected chi connectivity index (χ0v) is 15.8. The first-order valence-corrected chi connectivity index (χ1v) is 9.41. The predicted molar refractivity (Wildman–Crippen MR) is 103 cm³/mol. The number of methoxy groups -OCH3 is 2. The molecule has 2 heterocycles. The number of fused-ring (bicyclic) bond motifs is 1. The van der Waals surface area contributed by atoms with Crippen LogP contribution in [0.1, 0.15) is 25.6 Å². The van der Waals surface area contributed by atoms with Gasteiger partial charge in [0.2, 0.25) is 0 Å². The SMILES string of the molecule is COC(=O)c1sc(N)c(C(=O)OC)c1CSc1ccc2ccccc2n1. The minimum Gasteiger partial charge on any atom is -0.465 e. The second-order valence-corrected chi connectivity index (χ2v) is 7.31. The summed E-state index contributed by atoms with van der Waals surface area (Å²) in [5.74, 6) is -0.761. The van der Waals surface area contributed by atoms with E-state index < -0.39 is 11.9 Å². The number of benzene rings is 1. The third-order valence-electron chi connectivity index (χ3n) is 3.73. The van der Waals surface area contributed by atoms with Gasteiger partial charge in [-0.05, 0) is 12.1 Å². The van der Waals surface area contributed by atoms with Gasteiger partial charge in [-0.1, -0.05) is 24.3 Å². The molecular weight excluding hydrogens is 372 g/mol. The van der Waals surface area contributed by atoms with Crippen molar-refractivity contribution in [3.63, 3.8) is 0 Å². The van der Waals surface area contributed by atoms with Crippen molar-refractivity contribution in [3.8, 4) is 0 Å². The Bertz CT molecular complexity index is 984. The molecule has 8 heteroatoms. The number of para-hydroxylation sites is 1. The molecule has 26 heavy (non-hydrogen) atoms. The molecule has 0 amide bonds. The number of rotatable bonds is 5. The van der Waals surface area contributed by atoms with E-state index in [4.69, 9.17) is 15.2 Å². The average molecular weight is 388 g/mol. The third kappa shape index (κ3) is 3.51. The standard InChI is InChI=1S/C18H16N2O4S2/c1-23-17(21)14-11(15(18(22)24-2)26-16(14)19)9-25-13-8-7-10-5-3-4-6-12(10)20-13/h3-8H,9,19H2,1-2H3. The Kier molecular flexibility index (Phi) is 5.43. The molecule has 0 saturated carbocycles. The van der Waals surface area contributed by atoms with Crippen LogP contribution in [0.5, 0.6) is 0 Å². The van der Waals surface area contributed by atoms with E-state index >= 15 is 0 Å². The van der Waals surface area contributed by atoms with Crippen molar-refractivity contribution in [1.82, 2.24) is 4.98 Å². The van der Waals surface area contributed by atoms with Crippen LogP contribution >= 0.6 is 23.1 Å². The first-order chi connectivity index (χ1) is 12.5. The van der Waals surface area contributed by atoms with Gasteiger partial charge in [-0.25, -0.2) is 14.6 Å². The molecule has 0 aliphatic rings. The summed E-state index contributed by atoms with van der Waals surface area (Å²) in [6, 6.07) is 11.7. The van der Waals surface area contributed by atoms with Crippen LogP contribution in [-0.4, -0.2) is 31.1 Å². The van der Waals surface area contributed by atoms with Crippen molar-refractivity contribution in [2.75, 3.05) is 20.0 Å². The molecule has 3 aromatic rings. The summed E-state index contributed by atoms with van der Waals surface area (Å²) in [4.78, 5) is 29.0. The van der Waals surface area contributed by atoms with Crippen molar-refractivity contribution >= 4 is 50.9 Å². The minimum atomic E-state index is -0.573. The summed E-state index contributed by atoms with van der Waals surface area (Å²) < 4.78 is 9.61. The number of ether oxygens (including phenoxy) is 2. The van der Waals surface area contributed by atoms with Crippen LogP contribution in [0.25, 0.3) is 10.9 Å². The highest BCUT2D eigenvalue weighted by Gasteiger charge is 2.27. The molecule has 1 aromatic carbocycles. The molecule has 3 rings (SSSR count). The monoisotopic (exact) mass is 388 g/mol. The molecule has 2 N–H and O–H groups in total. The van der Waals surface area contributed by atoms with E-state index in [1.165, 1.54) is 26.0 Å². The van der Waals surface area contributed by atoms with E-state index in [1.807, 2.05) is 36.4 Å². The highest BCUT2D eigenvalue weighted by Crippen LogP contribution is 2.36. The van der Waals surface area contributed by atoms with Crippen molar-refractivity contribution in [2.24, 2.45) is 0 Å². The van der Waals surface area contributed by atoms with Gasteiger partial charge in [-0.3, -0.25) is 0 Å². The molecule has 6 nitrogen and oxygen atoms in total. The molecule has 0 bridgehead atoms. The van der Waals surface area contributed by atoms with E-state index in [0.717, 1.165) is 27.3 Å². The number of esters is 2. The summed E-state index contributed by atoms with van der Waals surface area (Å²) in [5.41, 5.74) is 7.54. The Balaban J connectivity index is 1.94. The maximum Gasteiger partial charge on any atom is 0.348 e. The second kappa shape index (κ2) is 7.76. The zero-order valence-electron chi connectivity index (χ0n) is 14.1. The van der Waals surface area contributed by atoms with Gasteiger partial charge < -0.3 is 15.2 Å². The second-order valence-electron chi connectivity index (χ2n) is 5.26. The fourth-order valence-electron chi connectivity index (χ4n) is 2.48. The normalized spacial score (nSPS) is 10.7. The van der Waals surface area contributed by atoms with Gasteiger partial charge in [0.05, 0.1) is 30.3 Å². The summed E-state index contributed by atoms with van der Waals surface area (Å²) >= 11 is 2.43. The maximum absolute atomic E-state index is 12.1. The van der Waals surface area contributed by atoms with Gasteiger partial charge in [0.1, 0.15) is 9.88 Å². The lowest BCUT2D eigenvalue weighted by Crippen LogP contribution is -2.08. The molecule has 0 unspecified atom stereocenters. The number of hydrogen-bond acceptors (Lipinski definition) is 8. The summed E-state index contributed by atoms with van der Waals surface area (Å²) in [7, 11) is 2.57. The summed E-state index contributed by atoms with van der Waals surface area (Å²) in [5, 5.41) is 2.06. The van der Waals surface area contributed by atoms with Crippen molar-refractivity contribution in [3.05, 3.63) is 52.4 Å². The Morgan fingerprint density at radius 1 is 1.12 bits per heavy atom. The third-order valence-corrected chi connectivity index (χ3v) is 5.73. The minimum absolute atomic E-state index is 0.214. The van der Waals surface area contributed by atoms with Crippen LogP contribution in [0.3, 0.4) is 0 Å². The molecule has 0 fully saturated rings. The molecule has 0 spiro atoms. The van der Waals surface area contributed by atoms with E-state index in [0.29, 0.717) is 16.2 Å². The quantitative estimate of drug-likeness (QED) is 0.526. The number of pyridine rings is 1. The number of nitrogen functional groups attached to an aromatic ring is 1. The molecule has 0 aliphatic carbocycles. The lowest BCUT2D eigenvalue weighted by molar-refractivity contribution is 0.0601. The van der Waals surface area contributed by atoms with Crippen LogP contribution in [0.2, 0.25) is 0 Å². The fourth-order valence-corrected chi connectivity index (χ4v) is 4.47. The number of carbonyl (C=O) groups is 2. The molecule has 0 radical (unpaired) electrons. The van der Waals surface area contributed by atoms with E-state index in [2.05, 4.69) is 4.98 Å². The first kappa shape index (κ1) is 18.2. The lowest BCUT2D eigenvalue weighted by atomic mass is 10.1. The lowest BCUT2D eigenvalue weighted by Gasteiger charge is -2.07. The number of thioether (sulfide) groups is 1. The molecule has 0 aliphatic heterocycles. The Hall–Kier alpha value is -2.58. The molecular formula is C18H16N2O4S2. The Labute approximate surface area is 158 Å². The topological polar surface area (TPSA) is 91.5 Å². The van der Waals surface area contributed by atoms with Crippen LogP contribution in [-0.2, 0) is 15.2 Å². The van der Waals surface area contributed by atoms with Gasteiger partial charge in [-0.15, -0.1) is 23.1 Å². The largest absolute Gasteiger partial charge is 0.465 e. The summed E-state index contributed by atoms with van der Waals surface area (Å²) in [6.45, 7) is 0. The van der Waals surface area contributed by atoms with Crippen LogP contribution in [0.4, 0.5) is 5.00 Å². The average Bonchev–Trinajstić information content (AvgIpc) is 3.01. The number of anilines is 1. The van der Waals surface area contributed by atoms with Crippen molar-refractivity contribution < 1.29 is 19.1 Å². The van der Waals surface area contributed by atoms with Gasteiger partial charge in [0.25, 0.3) is 0 Å². The zero-order chi connectivity index (χ0) is 18.7. The smallest absolute Gasteiger partial charge is 0.348 e. The molecule has 134 valence electrons. The van der Waals surface area contributed by atoms with Crippen LogP contribution in [0, 0.1) is 0 Å². The fraction of sp³-hybridized carbons (Fsp3) is 0.167. The number of nitrogens with two attached hydrogens (primary N) is 1. The Morgan fingerprint density at radius 2 is 1.85 bits per heavy atom. The molecule has 0 atom stereocenters. The van der Waals surface area contributed by atoms with Gasteiger partial charge >= 0.3 is 11.9 Å².